The Morgan fingerprint density at radius 3 is 2.17 bits per heavy atom. The summed E-state index contributed by atoms with van der Waals surface area (Å²) in [6, 6.07) is -0.466. The van der Waals surface area contributed by atoms with Gasteiger partial charge in [0.1, 0.15) is 36.8 Å². The lowest BCUT2D eigenvalue weighted by Gasteiger charge is -2.50. The van der Waals surface area contributed by atoms with Crippen LogP contribution in [-0.4, -0.2) is 181 Å². The fourth-order valence-corrected chi connectivity index (χ4v) is 9.10. The first kappa shape index (κ1) is 49.8. The molecule has 19 atom stereocenters. The minimum Gasteiger partial charge on any atom is -0.462 e. The van der Waals surface area contributed by atoms with Gasteiger partial charge in [-0.2, -0.15) is 0 Å². The van der Waals surface area contributed by atoms with Crippen LogP contribution in [0.3, 0.4) is 0 Å². The summed E-state index contributed by atoms with van der Waals surface area (Å²) >= 11 is 0. The van der Waals surface area contributed by atoms with Crippen LogP contribution in [0, 0.1) is 11.8 Å². The van der Waals surface area contributed by atoms with Gasteiger partial charge in [-0.1, -0.05) is 31.2 Å². The molecule has 4 heterocycles. The molecule has 16 heteroatoms. The Kier molecular flexibility index (Phi) is 18.9. The van der Waals surface area contributed by atoms with E-state index in [0.717, 1.165) is 12.7 Å². The SMILES string of the molecule is COC1[C@H](O)CC(=O)O[C@H](C)C/C=C\C=C\[C@H](OC2CCC(N(C)C)C(C)O2)[C@H](C)C[C@H](CC=O)[C@@H]1OC1OC(C)C(OC2CC(C)(O)C(O)C(C)O2)C(N(C)C)C1O. The van der Waals surface area contributed by atoms with Gasteiger partial charge in [-0.15, -0.1) is 0 Å². The molecule has 4 N–H and O–H groups in total. The van der Waals surface area contributed by atoms with Gasteiger partial charge in [0.25, 0.3) is 0 Å². The fraction of sp³-hybridized carbons (Fsp3) is 0.860. The molecule has 3 fully saturated rings. The van der Waals surface area contributed by atoms with E-state index in [0.29, 0.717) is 19.3 Å². The second kappa shape index (κ2) is 22.5. The number of nitrogens with zero attached hydrogens (tertiary/aromatic N) is 2. The highest BCUT2D eigenvalue weighted by Crippen LogP contribution is 2.37. The first-order valence-corrected chi connectivity index (χ1v) is 21.3. The molecule has 4 aliphatic heterocycles. The topological polar surface area (TPSA) is 195 Å². The number of aliphatic hydroxyl groups excluding tert-OH is 3. The number of hydrogen-bond donors (Lipinski definition) is 4. The largest absolute Gasteiger partial charge is 0.462 e. The van der Waals surface area contributed by atoms with E-state index in [-0.39, 0.29) is 30.9 Å². The molecule has 4 aliphatic rings. The van der Waals surface area contributed by atoms with Crippen molar-refractivity contribution in [3.05, 3.63) is 24.3 Å². The van der Waals surface area contributed by atoms with Crippen molar-refractivity contribution in [1.82, 2.24) is 9.80 Å². The Morgan fingerprint density at radius 1 is 0.864 bits per heavy atom. The maximum Gasteiger partial charge on any atom is 0.308 e. The average molecular weight is 843 g/mol. The van der Waals surface area contributed by atoms with Crippen molar-refractivity contribution in [2.45, 2.75) is 190 Å². The summed E-state index contributed by atoms with van der Waals surface area (Å²) in [7, 11) is 9.03. The van der Waals surface area contributed by atoms with Crippen molar-refractivity contribution < 1.29 is 67.9 Å². The smallest absolute Gasteiger partial charge is 0.308 e. The summed E-state index contributed by atoms with van der Waals surface area (Å²) in [4.78, 5) is 29.5. The Hall–Kier alpha value is -1.90. The minimum atomic E-state index is -1.47. The molecule has 0 bridgehead atoms. The van der Waals surface area contributed by atoms with Crippen LogP contribution < -0.4 is 0 Å². The Morgan fingerprint density at radius 2 is 1.56 bits per heavy atom. The van der Waals surface area contributed by atoms with E-state index in [2.05, 4.69) is 4.90 Å². The number of aldehydes is 1. The Bertz CT molecular complexity index is 1370. The minimum absolute atomic E-state index is 0.00885. The second-order valence-corrected chi connectivity index (χ2v) is 17.8. The van der Waals surface area contributed by atoms with E-state index in [1.807, 2.05) is 52.2 Å². The molecule has 0 aromatic heterocycles. The lowest BCUT2D eigenvalue weighted by atomic mass is 9.82. The van der Waals surface area contributed by atoms with Gasteiger partial charge in [-0.3, -0.25) is 4.79 Å². The summed E-state index contributed by atoms with van der Waals surface area (Å²) in [6.45, 7) is 10.8. The predicted octanol–water partition coefficient (Wildman–Crippen LogP) is 2.33. The van der Waals surface area contributed by atoms with Gasteiger partial charge in [0.2, 0.25) is 0 Å². The lowest BCUT2D eigenvalue weighted by Crippen LogP contribution is -2.65. The number of carbonyl (C=O) groups excluding carboxylic acids is 2. The van der Waals surface area contributed by atoms with Crippen molar-refractivity contribution in [2.75, 3.05) is 35.3 Å². The van der Waals surface area contributed by atoms with E-state index >= 15 is 0 Å². The van der Waals surface area contributed by atoms with Crippen molar-refractivity contribution in [1.29, 1.82) is 0 Å². The molecule has 0 saturated carbocycles. The number of rotatable bonds is 11. The number of cyclic esters (lactones) is 1. The first-order chi connectivity index (χ1) is 27.8. The zero-order valence-corrected chi connectivity index (χ0v) is 37.0. The molecule has 16 nitrogen and oxygen atoms in total. The van der Waals surface area contributed by atoms with Crippen molar-refractivity contribution in [2.24, 2.45) is 11.8 Å². The summed E-state index contributed by atoms with van der Waals surface area (Å²) in [5, 5.41) is 45.1. The highest BCUT2D eigenvalue weighted by molar-refractivity contribution is 5.70. The van der Waals surface area contributed by atoms with Crippen molar-refractivity contribution in [3.63, 3.8) is 0 Å². The maximum atomic E-state index is 13.1. The van der Waals surface area contributed by atoms with Crippen LogP contribution in [0.4, 0.5) is 0 Å². The number of hydrogen-bond acceptors (Lipinski definition) is 16. The van der Waals surface area contributed by atoms with Gasteiger partial charge < -0.3 is 72.9 Å². The van der Waals surface area contributed by atoms with E-state index in [1.165, 1.54) is 14.0 Å². The van der Waals surface area contributed by atoms with Crippen LogP contribution in [0.1, 0.15) is 86.5 Å². The first-order valence-electron chi connectivity index (χ1n) is 21.3. The third-order valence-electron chi connectivity index (χ3n) is 12.4. The molecule has 0 amide bonds. The van der Waals surface area contributed by atoms with Crippen LogP contribution in [0.15, 0.2) is 24.3 Å². The van der Waals surface area contributed by atoms with Crippen molar-refractivity contribution in [3.8, 4) is 0 Å². The summed E-state index contributed by atoms with van der Waals surface area (Å²) in [5.41, 5.74) is -1.47. The number of ether oxygens (including phenoxy) is 8. The molecule has 0 aromatic rings. The van der Waals surface area contributed by atoms with Gasteiger partial charge >= 0.3 is 5.97 Å². The monoisotopic (exact) mass is 843 g/mol. The van der Waals surface area contributed by atoms with Gasteiger partial charge in [0.15, 0.2) is 18.9 Å². The second-order valence-electron chi connectivity index (χ2n) is 17.8. The quantitative estimate of drug-likeness (QED) is 0.175. The van der Waals surface area contributed by atoms with Gasteiger partial charge in [-0.05, 0) is 93.9 Å². The third-order valence-corrected chi connectivity index (χ3v) is 12.4. The average Bonchev–Trinajstić information content (AvgIpc) is 3.13. The highest BCUT2D eigenvalue weighted by Gasteiger charge is 2.52. The zero-order chi connectivity index (χ0) is 43.8. The third kappa shape index (κ3) is 13.3. The van der Waals surface area contributed by atoms with Gasteiger partial charge in [-0.25, -0.2) is 0 Å². The van der Waals surface area contributed by atoms with Crippen LogP contribution in [-0.2, 0) is 47.5 Å². The van der Waals surface area contributed by atoms with Crippen LogP contribution in [0.2, 0.25) is 0 Å². The number of allylic oxidation sites excluding steroid dienone is 2. The fourth-order valence-electron chi connectivity index (χ4n) is 9.10. The zero-order valence-electron chi connectivity index (χ0n) is 37.0. The molecule has 4 rings (SSSR count). The van der Waals surface area contributed by atoms with Gasteiger partial charge in [0.05, 0.1) is 54.7 Å². The van der Waals surface area contributed by atoms with E-state index < -0.39 is 110 Å². The number of methoxy groups -OCH3 is 1. The van der Waals surface area contributed by atoms with Gasteiger partial charge in [0, 0.05) is 32.4 Å². The molecular weight excluding hydrogens is 768 g/mol. The van der Waals surface area contributed by atoms with E-state index in [4.69, 9.17) is 37.9 Å². The molecule has 3 saturated heterocycles. The molecule has 13 unspecified atom stereocenters. The standard InChI is InChI=1S/C43H74N2O14/c1-24-21-29(19-20-46)39(59-42-37(49)36(45(9)10)38(27(4)56-42)58-35-23-43(6,51)41(50)28(5)55-35)40(52-11)31(47)22-33(48)53-25(2)15-13-12-14-16-32(24)57-34-18-17-30(44(7)8)26(3)54-34/h12-14,16,20,24-32,34-42,47,49-51H,15,17-19,21-23H2,1-11H3/b13-12-,16-14+/t24-,25-,26?,27?,28?,29+,30?,31-,32+,34?,35?,36?,37?,38?,39+,40?,41?,42?,43?/m1/s1. The summed E-state index contributed by atoms with van der Waals surface area (Å²) in [5.74, 6) is -1.47. The Balaban J connectivity index is 1.66. The molecule has 0 radical (unpaired) electrons. The Labute approximate surface area is 351 Å². The maximum absolute atomic E-state index is 13.1. The molecule has 0 aromatic carbocycles. The van der Waals surface area contributed by atoms with E-state index in [1.54, 1.807) is 39.8 Å². The summed E-state index contributed by atoms with van der Waals surface area (Å²) < 4.78 is 50.0. The predicted molar refractivity (Wildman–Crippen MR) is 217 cm³/mol. The number of carbonyl (C=O) groups is 2. The molecular formula is C43H74N2O14. The number of aliphatic hydroxyl groups is 4. The normalized spacial score (nSPS) is 45.8. The summed E-state index contributed by atoms with van der Waals surface area (Å²) in [6.07, 6.45) is -1.56. The van der Waals surface area contributed by atoms with Crippen LogP contribution >= 0.6 is 0 Å². The van der Waals surface area contributed by atoms with Crippen LogP contribution in [0.25, 0.3) is 0 Å². The molecule has 59 heavy (non-hydrogen) atoms. The number of likely N-dealkylation sites (N-methyl/N-ethyl adjacent to an activating group) is 2. The lowest BCUT2D eigenvalue weighted by molar-refractivity contribution is -0.344. The number of esters is 1. The molecule has 340 valence electrons. The highest BCUT2D eigenvalue weighted by atomic mass is 16.7. The molecule has 0 aliphatic carbocycles. The molecule has 0 spiro atoms. The van der Waals surface area contributed by atoms with E-state index in [9.17, 15) is 30.0 Å². The van der Waals surface area contributed by atoms with Crippen LogP contribution in [0.5, 0.6) is 0 Å². The van der Waals surface area contributed by atoms with Crippen molar-refractivity contribution >= 4 is 12.3 Å².